The number of ether oxygens (including phenoxy) is 1. The summed E-state index contributed by atoms with van der Waals surface area (Å²) in [5.41, 5.74) is 5.09. The van der Waals surface area contributed by atoms with Crippen molar-refractivity contribution in [2.45, 2.75) is 37.8 Å². The number of carbonyl (C=O) groups excluding carboxylic acids is 1. The fourth-order valence-electron chi connectivity index (χ4n) is 4.49. The maximum Gasteiger partial charge on any atom is 0.228 e. The zero-order valence-corrected chi connectivity index (χ0v) is 19.1. The number of hydrogen-bond donors (Lipinski definition) is 3. The quantitative estimate of drug-likeness (QED) is 0.549. The molecule has 2 atom stereocenters. The highest BCUT2D eigenvalue weighted by Gasteiger charge is 2.44. The van der Waals surface area contributed by atoms with E-state index >= 15 is 4.39 Å². The topological polar surface area (TPSA) is 143 Å². The molecule has 1 aliphatic carbocycles. The predicted molar refractivity (Wildman–Crippen MR) is 122 cm³/mol. The van der Waals surface area contributed by atoms with Crippen LogP contribution in [0.1, 0.15) is 26.2 Å². The van der Waals surface area contributed by atoms with Gasteiger partial charge in [0.25, 0.3) is 0 Å². The van der Waals surface area contributed by atoms with Crippen LogP contribution in [0, 0.1) is 11.7 Å². The van der Waals surface area contributed by atoms with Crippen LogP contribution in [-0.2, 0) is 9.53 Å². The van der Waals surface area contributed by atoms with Gasteiger partial charge in [0, 0.05) is 43.5 Å². The molecule has 0 spiro atoms. The van der Waals surface area contributed by atoms with E-state index < -0.39 is 11.4 Å². The van der Waals surface area contributed by atoms with Crippen LogP contribution >= 0.6 is 0 Å². The number of morpholine rings is 1. The van der Waals surface area contributed by atoms with E-state index in [-0.39, 0.29) is 48.5 Å². The molecule has 1 saturated carbocycles. The number of aliphatic hydroxyl groups excluding tert-OH is 1. The zero-order valence-electron chi connectivity index (χ0n) is 19.1. The number of aliphatic hydroxyl groups is 1. The highest BCUT2D eigenvalue weighted by Crippen LogP contribution is 2.36. The Hall–Kier alpha value is -3.12. The van der Waals surface area contributed by atoms with Gasteiger partial charge in [0.15, 0.2) is 11.6 Å². The van der Waals surface area contributed by atoms with Gasteiger partial charge in [0.05, 0.1) is 31.4 Å². The summed E-state index contributed by atoms with van der Waals surface area (Å²) in [5.74, 6) is -0.129. The van der Waals surface area contributed by atoms with Gasteiger partial charge in [0.2, 0.25) is 17.8 Å². The van der Waals surface area contributed by atoms with Crippen molar-refractivity contribution < 1.29 is 19.0 Å². The molecular weight excluding hydrogens is 443 g/mol. The SMILES string of the molecule is C[C@H]1COCCN1c1nc(N[C@@]2(CO)CCN(C(=O)C3CC3)C2)c(F)c(-c2cnc(N)nc2)n1. The van der Waals surface area contributed by atoms with Crippen LogP contribution in [0.25, 0.3) is 11.3 Å². The van der Waals surface area contributed by atoms with Crippen molar-refractivity contribution in [3.05, 3.63) is 18.2 Å². The number of carbonyl (C=O) groups is 1. The van der Waals surface area contributed by atoms with Crippen molar-refractivity contribution in [2.24, 2.45) is 5.92 Å². The summed E-state index contributed by atoms with van der Waals surface area (Å²) in [6.07, 6.45) is 5.12. The molecule has 4 heterocycles. The van der Waals surface area contributed by atoms with Crippen LogP contribution in [0.4, 0.5) is 22.1 Å². The number of rotatable bonds is 6. The van der Waals surface area contributed by atoms with E-state index in [4.69, 9.17) is 10.5 Å². The second kappa shape index (κ2) is 8.91. The lowest BCUT2D eigenvalue weighted by atomic mass is 10.00. The maximum atomic E-state index is 15.8. The van der Waals surface area contributed by atoms with Crippen LogP contribution in [0.3, 0.4) is 0 Å². The minimum absolute atomic E-state index is 0.00693. The molecular formula is C22H29FN8O3. The maximum absolute atomic E-state index is 15.8. The second-order valence-corrected chi connectivity index (χ2v) is 9.33. The Morgan fingerprint density at radius 3 is 2.76 bits per heavy atom. The molecule has 0 unspecified atom stereocenters. The summed E-state index contributed by atoms with van der Waals surface area (Å²) in [7, 11) is 0. The van der Waals surface area contributed by atoms with E-state index in [1.54, 1.807) is 4.90 Å². The van der Waals surface area contributed by atoms with E-state index in [9.17, 15) is 9.90 Å². The van der Waals surface area contributed by atoms with Crippen molar-refractivity contribution in [1.82, 2.24) is 24.8 Å². The lowest BCUT2D eigenvalue weighted by Gasteiger charge is -2.34. The highest BCUT2D eigenvalue weighted by molar-refractivity contribution is 5.81. The average molecular weight is 473 g/mol. The largest absolute Gasteiger partial charge is 0.394 e. The molecule has 12 heteroatoms. The number of halogens is 1. The first-order chi connectivity index (χ1) is 16.4. The Kier molecular flexibility index (Phi) is 5.94. The first-order valence-corrected chi connectivity index (χ1v) is 11.6. The Bertz CT molecular complexity index is 1070. The number of aromatic nitrogens is 4. The van der Waals surface area contributed by atoms with Gasteiger partial charge in [-0.1, -0.05) is 0 Å². The molecule has 4 N–H and O–H groups in total. The molecule has 2 saturated heterocycles. The third kappa shape index (κ3) is 4.34. The Balaban J connectivity index is 1.51. The smallest absolute Gasteiger partial charge is 0.228 e. The standard InChI is InChI=1S/C22H29FN8O3/c1-13-10-34-7-6-31(13)21-27-17(15-8-25-20(24)26-9-15)16(23)18(28-21)29-22(12-32)4-5-30(11-22)19(33)14-2-3-14/h8-9,13-14,32H,2-7,10-12H2,1H3,(H2,24,25,26)(H,27,28,29)/t13-,22-/m0/s1. The third-order valence-electron chi connectivity index (χ3n) is 6.69. The number of nitrogens with zero attached hydrogens (tertiary/aromatic N) is 6. The lowest BCUT2D eigenvalue weighted by Crippen LogP contribution is -2.47. The molecule has 0 bridgehead atoms. The van der Waals surface area contributed by atoms with E-state index in [1.165, 1.54) is 12.4 Å². The van der Waals surface area contributed by atoms with Crippen molar-refractivity contribution >= 4 is 23.6 Å². The summed E-state index contributed by atoms with van der Waals surface area (Å²) in [5, 5.41) is 13.4. The number of likely N-dealkylation sites (tertiary alicyclic amines) is 1. The molecule has 0 radical (unpaired) electrons. The predicted octanol–water partition coefficient (Wildman–Crippen LogP) is 0.665. The number of hydrogen-bond acceptors (Lipinski definition) is 10. The second-order valence-electron chi connectivity index (χ2n) is 9.33. The van der Waals surface area contributed by atoms with Crippen molar-refractivity contribution in [3.8, 4) is 11.3 Å². The minimum Gasteiger partial charge on any atom is -0.394 e. The number of amides is 1. The van der Waals surface area contributed by atoms with E-state index in [0.29, 0.717) is 44.2 Å². The fraction of sp³-hybridized carbons (Fsp3) is 0.591. The van der Waals surface area contributed by atoms with Crippen molar-refractivity contribution in [2.75, 3.05) is 55.4 Å². The van der Waals surface area contributed by atoms with Gasteiger partial charge in [-0.15, -0.1) is 0 Å². The fourth-order valence-corrected chi connectivity index (χ4v) is 4.49. The van der Waals surface area contributed by atoms with Crippen LogP contribution in [0.2, 0.25) is 0 Å². The van der Waals surface area contributed by atoms with Crippen LogP contribution in [-0.4, -0.2) is 86.9 Å². The first kappa shape index (κ1) is 22.7. The first-order valence-electron chi connectivity index (χ1n) is 11.6. The molecule has 11 nitrogen and oxygen atoms in total. The zero-order chi connectivity index (χ0) is 23.9. The van der Waals surface area contributed by atoms with Gasteiger partial charge in [-0.25, -0.2) is 19.3 Å². The van der Waals surface area contributed by atoms with Crippen LogP contribution < -0.4 is 16.0 Å². The molecule has 1 amide bonds. The molecule has 5 rings (SSSR count). The van der Waals surface area contributed by atoms with Crippen molar-refractivity contribution in [3.63, 3.8) is 0 Å². The molecule has 2 aromatic rings. The summed E-state index contributed by atoms with van der Waals surface area (Å²) >= 11 is 0. The molecule has 182 valence electrons. The third-order valence-corrected chi connectivity index (χ3v) is 6.69. The van der Waals surface area contributed by atoms with E-state index in [0.717, 1.165) is 12.8 Å². The van der Waals surface area contributed by atoms with Gasteiger partial charge in [-0.2, -0.15) is 4.98 Å². The number of nitrogen functional groups attached to an aromatic ring is 1. The Morgan fingerprint density at radius 1 is 1.32 bits per heavy atom. The molecule has 2 aromatic heterocycles. The molecule has 3 fully saturated rings. The van der Waals surface area contributed by atoms with Gasteiger partial charge in [-0.05, 0) is 26.2 Å². The minimum atomic E-state index is -0.900. The summed E-state index contributed by atoms with van der Waals surface area (Å²) in [6, 6.07) is -0.00693. The van der Waals surface area contributed by atoms with Crippen LogP contribution in [0.5, 0.6) is 0 Å². The summed E-state index contributed by atoms with van der Waals surface area (Å²) < 4.78 is 21.3. The molecule has 34 heavy (non-hydrogen) atoms. The number of nitrogens with one attached hydrogen (secondary N) is 1. The Morgan fingerprint density at radius 2 is 2.09 bits per heavy atom. The summed E-state index contributed by atoms with van der Waals surface area (Å²) in [4.78, 5) is 33.2. The number of anilines is 3. The van der Waals surface area contributed by atoms with E-state index in [2.05, 4.69) is 25.3 Å². The molecule has 0 aromatic carbocycles. The normalized spacial score (nSPS) is 25.0. The molecule has 3 aliphatic rings. The van der Waals surface area contributed by atoms with Crippen LogP contribution in [0.15, 0.2) is 12.4 Å². The summed E-state index contributed by atoms with van der Waals surface area (Å²) in [6.45, 7) is 4.06. The van der Waals surface area contributed by atoms with Crippen molar-refractivity contribution in [1.29, 1.82) is 0 Å². The monoisotopic (exact) mass is 472 g/mol. The average Bonchev–Trinajstić information content (AvgIpc) is 3.61. The van der Waals surface area contributed by atoms with Gasteiger partial charge >= 0.3 is 0 Å². The van der Waals surface area contributed by atoms with E-state index in [1.807, 2.05) is 11.8 Å². The van der Waals surface area contributed by atoms with Gasteiger partial charge in [0.1, 0.15) is 5.69 Å². The lowest BCUT2D eigenvalue weighted by molar-refractivity contribution is -0.131. The Labute approximate surface area is 196 Å². The molecule has 2 aliphatic heterocycles. The van der Waals surface area contributed by atoms with Gasteiger partial charge in [-0.3, -0.25) is 4.79 Å². The highest BCUT2D eigenvalue weighted by atomic mass is 19.1. The number of nitrogens with two attached hydrogens (primary N) is 1. The van der Waals surface area contributed by atoms with Gasteiger partial charge < -0.3 is 30.7 Å².